The van der Waals surface area contributed by atoms with Gasteiger partial charge in [0.05, 0.1) is 18.2 Å². The minimum Gasteiger partial charge on any atom is -0.347 e. The summed E-state index contributed by atoms with van der Waals surface area (Å²) in [7, 11) is 0. The molecule has 0 unspecified atom stereocenters. The van der Waals surface area contributed by atoms with Crippen LogP contribution in [0, 0.1) is 6.92 Å². The molecule has 0 saturated carbocycles. The van der Waals surface area contributed by atoms with E-state index in [-0.39, 0.29) is 24.3 Å². The highest BCUT2D eigenvalue weighted by Gasteiger charge is 2.38. The zero-order valence-corrected chi connectivity index (χ0v) is 16.8. The summed E-state index contributed by atoms with van der Waals surface area (Å²) in [5, 5.41) is 9.64. The van der Waals surface area contributed by atoms with E-state index in [9.17, 15) is 14.4 Å². The number of urea groups is 1. The lowest BCUT2D eigenvalue weighted by atomic mass is 10.0. The number of hydrogen-bond donors (Lipinski definition) is 2. The van der Waals surface area contributed by atoms with Crippen LogP contribution >= 0.6 is 11.3 Å². The number of aryl methyl sites for hydroxylation is 1. The summed E-state index contributed by atoms with van der Waals surface area (Å²) in [6.07, 6.45) is 2.91. The van der Waals surface area contributed by atoms with Gasteiger partial charge in [0.15, 0.2) is 0 Å². The van der Waals surface area contributed by atoms with Crippen molar-refractivity contribution < 1.29 is 14.4 Å². The average molecular weight is 401 g/mol. The van der Waals surface area contributed by atoms with E-state index >= 15 is 0 Å². The van der Waals surface area contributed by atoms with Crippen molar-refractivity contribution >= 4 is 29.2 Å². The maximum Gasteiger partial charge on any atom is 0.324 e. The third-order valence-electron chi connectivity index (χ3n) is 4.68. The summed E-state index contributed by atoms with van der Waals surface area (Å²) < 4.78 is 0. The molecule has 0 aromatic carbocycles. The van der Waals surface area contributed by atoms with Crippen molar-refractivity contribution in [1.82, 2.24) is 20.5 Å². The van der Waals surface area contributed by atoms with E-state index in [1.54, 1.807) is 17.5 Å². The molecular weight excluding hydrogens is 376 g/mol. The van der Waals surface area contributed by atoms with Crippen LogP contribution in [-0.2, 0) is 16.0 Å². The first kappa shape index (κ1) is 20.0. The van der Waals surface area contributed by atoms with Gasteiger partial charge in [-0.15, -0.1) is 0 Å². The van der Waals surface area contributed by atoms with Gasteiger partial charge in [0.25, 0.3) is 5.91 Å². The first-order valence-electron chi connectivity index (χ1n) is 9.33. The van der Waals surface area contributed by atoms with Crippen molar-refractivity contribution in [2.24, 2.45) is 0 Å². The predicted molar refractivity (Wildman–Crippen MR) is 107 cm³/mol. The second kappa shape index (κ2) is 8.97. The molecule has 0 spiro atoms. The van der Waals surface area contributed by atoms with E-state index in [2.05, 4.69) is 15.6 Å². The van der Waals surface area contributed by atoms with Gasteiger partial charge in [0, 0.05) is 12.7 Å². The number of carbonyl (C=O) groups is 3. The number of amides is 4. The van der Waals surface area contributed by atoms with Crippen LogP contribution in [0.1, 0.15) is 42.6 Å². The Labute approximate surface area is 168 Å². The molecule has 2 aromatic rings. The van der Waals surface area contributed by atoms with Crippen molar-refractivity contribution in [1.29, 1.82) is 0 Å². The molecule has 7 nitrogen and oxygen atoms in total. The lowest BCUT2D eigenvalue weighted by Gasteiger charge is -2.20. The zero-order valence-electron chi connectivity index (χ0n) is 16.0. The van der Waals surface area contributed by atoms with E-state index in [0.717, 1.165) is 16.8 Å². The van der Waals surface area contributed by atoms with Crippen LogP contribution in [-0.4, -0.2) is 40.3 Å². The second-order valence-corrected chi connectivity index (χ2v) is 7.64. The summed E-state index contributed by atoms with van der Waals surface area (Å²) in [5.41, 5.74) is 2.90. The lowest BCUT2D eigenvalue weighted by molar-refractivity contribution is -0.131. The maximum absolute atomic E-state index is 12.7. The third kappa shape index (κ3) is 4.56. The summed E-state index contributed by atoms with van der Waals surface area (Å²) in [5.74, 6) is -0.632. The number of nitrogens with one attached hydrogen (secondary N) is 2. The molecule has 28 heavy (non-hydrogen) atoms. The Bertz CT molecular complexity index is 853. The van der Waals surface area contributed by atoms with Crippen LogP contribution in [0.4, 0.5) is 4.79 Å². The van der Waals surface area contributed by atoms with Crippen LogP contribution in [0.25, 0.3) is 0 Å². The number of rotatable bonds is 8. The smallest absolute Gasteiger partial charge is 0.324 e. The molecule has 2 N–H and O–H groups in total. The fourth-order valence-corrected chi connectivity index (χ4v) is 3.99. The van der Waals surface area contributed by atoms with Crippen molar-refractivity contribution in [2.75, 3.05) is 6.54 Å². The molecule has 1 saturated heterocycles. The first-order chi connectivity index (χ1) is 13.5. The molecule has 3 heterocycles. The van der Waals surface area contributed by atoms with Crippen LogP contribution in [0.15, 0.2) is 35.2 Å². The van der Waals surface area contributed by atoms with Gasteiger partial charge in [0.2, 0.25) is 5.91 Å². The van der Waals surface area contributed by atoms with Crippen molar-refractivity contribution in [3.05, 3.63) is 52.0 Å². The number of imide groups is 1. The zero-order chi connectivity index (χ0) is 20.1. The number of hydrogen-bond acceptors (Lipinski definition) is 5. The van der Waals surface area contributed by atoms with Crippen LogP contribution in [0.3, 0.4) is 0 Å². The van der Waals surface area contributed by atoms with Gasteiger partial charge in [-0.05, 0) is 53.8 Å². The van der Waals surface area contributed by atoms with Gasteiger partial charge in [-0.1, -0.05) is 13.0 Å². The van der Waals surface area contributed by atoms with E-state index < -0.39 is 12.1 Å². The highest BCUT2D eigenvalue weighted by Crippen LogP contribution is 2.21. The number of pyridine rings is 1. The molecule has 1 fully saturated rings. The van der Waals surface area contributed by atoms with Crippen LogP contribution in [0.5, 0.6) is 0 Å². The SMILES string of the molecule is CCCN1C(=O)N[C@H](CC(=O)N[C@@H](Cc2ccsc2)c2ncccc2C)C1=O. The Morgan fingerprint density at radius 2 is 2.21 bits per heavy atom. The minimum atomic E-state index is -0.814. The van der Waals surface area contributed by atoms with Gasteiger partial charge < -0.3 is 10.6 Å². The van der Waals surface area contributed by atoms with Crippen molar-refractivity contribution in [2.45, 2.75) is 45.2 Å². The van der Waals surface area contributed by atoms with Crippen molar-refractivity contribution in [3.63, 3.8) is 0 Å². The molecule has 2 aromatic heterocycles. The third-order valence-corrected chi connectivity index (χ3v) is 5.41. The maximum atomic E-state index is 12.7. The van der Waals surface area contributed by atoms with Gasteiger partial charge in [-0.2, -0.15) is 11.3 Å². The molecule has 0 radical (unpaired) electrons. The molecular formula is C20H24N4O3S. The Hall–Kier alpha value is -2.74. The lowest BCUT2D eigenvalue weighted by Crippen LogP contribution is -2.38. The Morgan fingerprint density at radius 3 is 2.89 bits per heavy atom. The van der Waals surface area contributed by atoms with E-state index in [0.29, 0.717) is 19.4 Å². The summed E-state index contributed by atoms with van der Waals surface area (Å²) >= 11 is 1.60. The molecule has 8 heteroatoms. The standard InChI is InChI=1S/C20H24N4O3S/c1-3-8-24-19(26)16(23-20(24)27)11-17(25)22-15(10-14-6-9-28-12-14)18-13(2)5-4-7-21-18/h4-7,9,12,15-16H,3,8,10-11H2,1-2H3,(H,22,25)(H,23,27)/t15-,16+/m0/s1. The molecule has 0 aliphatic carbocycles. The topological polar surface area (TPSA) is 91.4 Å². The highest BCUT2D eigenvalue weighted by molar-refractivity contribution is 7.07. The Balaban J connectivity index is 1.70. The minimum absolute atomic E-state index is 0.0865. The first-order valence-corrected chi connectivity index (χ1v) is 10.3. The fraction of sp³-hybridized carbons (Fsp3) is 0.400. The molecule has 1 aliphatic heterocycles. The normalized spacial score (nSPS) is 17.5. The summed E-state index contributed by atoms with van der Waals surface area (Å²) in [6.45, 7) is 4.21. The number of nitrogens with zero attached hydrogens (tertiary/aromatic N) is 2. The molecule has 1 aliphatic rings. The van der Waals surface area contributed by atoms with E-state index in [1.807, 2.05) is 42.8 Å². The van der Waals surface area contributed by atoms with Crippen LogP contribution in [0.2, 0.25) is 0 Å². The van der Waals surface area contributed by atoms with Gasteiger partial charge in [0.1, 0.15) is 6.04 Å². The predicted octanol–water partition coefficient (Wildman–Crippen LogP) is 2.57. The Kier molecular flexibility index (Phi) is 6.41. The highest BCUT2D eigenvalue weighted by atomic mass is 32.1. The number of thiophene rings is 1. The van der Waals surface area contributed by atoms with E-state index in [4.69, 9.17) is 0 Å². The monoisotopic (exact) mass is 400 g/mol. The molecule has 4 amide bonds. The molecule has 0 bridgehead atoms. The molecule has 148 valence electrons. The molecule has 2 atom stereocenters. The van der Waals surface area contributed by atoms with Crippen LogP contribution < -0.4 is 10.6 Å². The number of carbonyl (C=O) groups excluding carboxylic acids is 3. The molecule has 3 rings (SSSR count). The largest absolute Gasteiger partial charge is 0.347 e. The average Bonchev–Trinajstić information content (AvgIpc) is 3.26. The quantitative estimate of drug-likeness (QED) is 0.666. The Morgan fingerprint density at radius 1 is 1.39 bits per heavy atom. The van der Waals surface area contributed by atoms with Gasteiger partial charge in [-0.25, -0.2) is 4.79 Å². The fourth-order valence-electron chi connectivity index (χ4n) is 3.31. The van der Waals surface area contributed by atoms with Crippen molar-refractivity contribution in [3.8, 4) is 0 Å². The second-order valence-electron chi connectivity index (χ2n) is 6.86. The summed E-state index contributed by atoms with van der Waals surface area (Å²) in [4.78, 5) is 42.6. The van der Waals surface area contributed by atoms with Gasteiger partial charge >= 0.3 is 6.03 Å². The number of aromatic nitrogens is 1. The summed E-state index contributed by atoms with van der Waals surface area (Å²) in [6, 6.07) is 4.29. The van der Waals surface area contributed by atoms with Gasteiger partial charge in [-0.3, -0.25) is 19.5 Å². The van der Waals surface area contributed by atoms with E-state index in [1.165, 1.54) is 4.90 Å².